The summed E-state index contributed by atoms with van der Waals surface area (Å²) < 4.78 is 4.69. The van der Waals surface area contributed by atoms with Gasteiger partial charge in [0.15, 0.2) is 0 Å². The van der Waals surface area contributed by atoms with Crippen molar-refractivity contribution in [1.82, 2.24) is 0 Å². The zero-order valence-corrected chi connectivity index (χ0v) is 6.38. The van der Waals surface area contributed by atoms with Gasteiger partial charge in [0.25, 0.3) is 6.47 Å². The maximum atomic E-state index is 9.82. The number of hydrogen-bond donors (Lipinski definition) is 0. The quantitative estimate of drug-likeness (QED) is 0.559. The van der Waals surface area contributed by atoms with Gasteiger partial charge in [-0.05, 0) is 24.7 Å². The molecule has 2 unspecified atom stereocenters. The Balaban J connectivity index is 2.12. The minimum absolute atomic E-state index is 0.545. The van der Waals surface area contributed by atoms with E-state index in [1.807, 2.05) is 0 Å². The fourth-order valence-corrected chi connectivity index (χ4v) is 1.65. The predicted molar refractivity (Wildman–Crippen MR) is 38.5 cm³/mol. The molecular weight excluding hydrogens is 128 g/mol. The molecule has 0 aliphatic heterocycles. The number of carbonyl (C=O) groups is 1. The van der Waals surface area contributed by atoms with Crippen molar-refractivity contribution in [3.63, 3.8) is 0 Å². The Bertz CT molecular complexity index is 112. The lowest BCUT2D eigenvalue weighted by Crippen LogP contribution is -2.04. The first-order valence-corrected chi connectivity index (χ1v) is 3.88. The first-order valence-electron chi connectivity index (χ1n) is 3.88. The average molecular weight is 142 g/mol. The SMILES string of the molecule is CC1CCC(COC=O)C1. The number of hydrogen-bond acceptors (Lipinski definition) is 2. The Morgan fingerprint density at radius 3 is 2.90 bits per heavy atom. The summed E-state index contributed by atoms with van der Waals surface area (Å²) >= 11 is 0. The van der Waals surface area contributed by atoms with E-state index in [4.69, 9.17) is 0 Å². The molecule has 1 aliphatic carbocycles. The van der Waals surface area contributed by atoms with Crippen molar-refractivity contribution in [2.45, 2.75) is 26.2 Å². The maximum Gasteiger partial charge on any atom is 0.293 e. The number of ether oxygens (including phenoxy) is 1. The molecule has 1 aliphatic rings. The Morgan fingerprint density at radius 1 is 1.60 bits per heavy atom. The third-order valence-corrected chi connectivity index (χ3v) is 2.20. The van der Waals surface area contributed by atoms with E-state index in [1.54, 1.807) is 0 Å². The lowest BCUT2D eigenvalue weighted by molar-refractivity contribution is -0.129. The van der Waals surface area contributed by atoms with Gasteiger partial charge in [0.05, 0.1) is 6.61 Å². The minimum atomic E-state index is 0.545. The van der Waals surface area contributed by atoms with Gasteiger partial charge in [0.1, 0.15) is 0 Å². The van der Waals surface area contributed by atoms with Gasteiger partial charge in [0.2, 0.25) is 0 Å². The zero-order chi connectivity index (χ0) is 7.40. The van der Waals surface area contributed by atoms with Crippen LogP contribution in [-0.2, 0) is 9.53 Å². The van der Waals surface area contributed by atoms with E-state index in [0.717, 1.165) is 5.92 Å². The van der Waals surface area contributed by atoms with Gasteiger partial charge in [-0.2, -0.15) is 0 Å². The molecule has 0 bridgehead atoms. The second kappa shape index (κ2) is 3.59. The molecule has 0 saturated heterocycles. The van der Waals surface area contributed by atoms with Crippen molar-refractivity contribution in [2.75, 3.05) is 6.61 Å². The van der Waals surface area contributed by atoms with Crippen LogP contribution in [0.2, 0.25) is 0 Å². The zero-order valence-electron chi connectivity index (χ0n) is 6.38. The van der Waals surface area contributed by atoms with Crippen LogP contribution < -0.4 is 0 Å². The van der Waals surface area contributed by atoms with Crippen LogP contribution in [0.25, 0.3) is 0 Å². The van der Waals surface area contributed by atoms with Crippen LogP contribution in [0.15, 0.2) is 0 Å². The van der Waals surface area contributed by atoms with Gasteiger partial charge < -0.3 is 4.74 Å². The fourth-order valence-electron chi connectivity index (χ4n) is 1.65. The molecule has 2 atom stereocenters. The van der Waals surface area contributed by atoms with Crippen molar-refractivity contribution >= 4 is 6.47 Å². The lowest BCUT2D eigenvalue weighted by atomic mass is 10.1. The van der Waals surface area contributed by atoms with Gasteiger partial charge in [-0.3, -0.25) is 4.79 Å². The number of carbonyl (C=O) groups excluding carboxylic acids is 1. The normalized spacial score (nSPS) is 32.1. The molecule has 0 aromatic rings. The lowest BCUT2D eigenvalue weighted by Gasteiger charge is -2.05. The molecular formula is C8H14O2. The molecule has 0 heterocycles. The molecule has 0 aromatic carbocycles. The Hall–Kier alpha value is -0.530. The molecule has 1 fully saturated rings. The van der Waals surface area contributed by atoms with Crippen molar-refractivity contribution in [2.24, 2.45) is 11.8 Å². The van der Waals surface area contributed by atoms with Gasteiger partial charge in [-0.1, -0.05) is 13.3 Å². The van der Waals surface area contributed by atoms with E-state index < -0.39 is 0 Å². The molecule has 1 saturated carbocycles. The molecule has 0 amide bonds. The van der Waals surface area contributed by atoms with Crippen LogP contribution in [0.3, 0.4) is 0 Å². The molecule has 0 aromatic heterocycles. The fraction of sp³-hybridized carbons (Fsp3) is 0.875. The van der Waals surface area contributed by atoms with Gasteiger partial charge in [0, 0.05) is 0 Å². The monoisotopic (exact) mass is 142 g/mol. The Kier molecular flexibility index (Phi) is 2.72. The summed E-state index contributed by atoms with van der Waals surface area (Å²) in [5.74, 6) is 1.47. The second-order valence-corrected chi connectivity index (χ2v) is 3.21. The predicted octanol–water partition coefficient (Wildman–Crippen LogP) is 1.60. The van der Waals surface area contributed by atoms with Crippen LogP contribution >= 0.6 is 0 Å². The highest BCUT2D eigenvalue weighted by Gasteiger charge is 2.21. The Labute approximate surface area is 61.6 Å². The molecule has 0 radical (unpaired) electrons. The minimum Gasteiger partial charge on any atom is -0.468 e. The summed E-state index contributed by atoms with van der Waals surface area (Å²) in [5, 5.41) is 0. The van der Waals surface area contributed by atoms with Crippen molar-refractivity contribution in [1.29, 1.82) is 0 Å². The van der Waals surface area contributed by atoms with Crippen LogP contribution in [0.4, 0.5) is 0 Å². The first-order chi connectivity index (χ1) is 4.83. The highest BCUT2D eigenvalue weighted by atomic mass is 16.5. The topological polar surface area (TPSA) is 26.3 Å². The van der Waals surface area contributed by atoms with E-state index in [-0.39, 0.29) is 0 Å². The van der Waals surface area contributed by atoms with Crippen molar-refractivity contribution in [3.05, 3.63) is 0 Å². The molecule has 58 valence electrons. The van der Waals surface area contributed by atoms with Gasteiger partial charge >= 0.3 is 0 Å². The third kappa shape index (κ3) is 2.01. The van der Waals surface area contributed by atoms with E-state index in [1.165, 1.54) is 19.3 Å². The second-order valence-electron chi connectivity index (χ2n) is 3.21. The maximum absolute atomic E-state index is 9.82. The summed E-state index contributed by atoms with van der Waals surface area (Å²) in [4.78, 5) is 9.82. The standard InChI is InChI=1S/C8H14O2/c1-7-2-3-8(4-7)5-10-6-9/h6-8H,2-5H2,1H3. The molecule has 10 heavy (non-hydrogen) atoms. The number of rotatable bonds is 3. The Morgan fingerprint density at radius 2 is 2.40 bits per heavy atom. The van der Waals surface area contributed by atoms with Crippen LogP contribution in [0.1, 0.15) is 26.2 Å². The van der Waals surface area contributed by atoms with Crippen LogP contribution in [0.5, 0.6) is 0 Å². The summed E-state index contributed by atoms with van der Waals surface area (Å²) in [5.41, 5.74) is 0. The van der Waals surface area contributed by atoms with E-state index >= 15 is 0 Å². The summed E-state index contributed by atoms with van der Waals surface area (Å²) in [6, 6.07) is 0. The van der Waals surface area contributed by atoms with Crippen LogP contribution in [-0.4, -0.2) is 13.1 Å². The molecule has 0 spiro atoms. The summed E-state index contributed by atoms with van der Waals surface area (Å²) in [6.07, 6.45) is 3.76. The van der Waals surface area contributed by atoms with Gasteiger partial charge in [-0.15, -0.1) is 0 Å². The van der Waals surface area contributed by atoms with E-state index in [2.05, 4.69) is 11.7 Å². The van der Waals surface area contributed by atoms with E-state index in [0.29, 0.717) is 19.0 Å². The van der Waals surface area contributed by atoms with Gasteiger partial charge in [-0.25, -0.2) is 0 Å². The third-order valence-electron chi connectivity index (χ3n) is 2.20. The highest BCUT2D eigenvalue weighted by Crippen LogP contribution is 2.29. The smallest absolute Gasteiger partial charge is 0.293 e. The van der Waals surface area contributed by atoms with Crippen LogP contribution in [0, 0.1) is 11.8 Å². The average Bonchev–Trinajstić information content (AvgIpc) is 2.31. The van der Waals surface area contributed by atoms with Crippen molar-refractivity contribution < 1.29 is 9.53 Å². The highest BCUT2D eigenvalue weighted by molar-refractivity contribution is 5.36. The molecule has 2 heteroatoms. The molecule has 0 N–H and O–H groups in total. The summed E-state index contributed by atoms with van der Waals surface area (Å²) in [7, 11) is 0. The van der Waals surface area contributed by atoms with Crippen molar-refractivity contribution in [3.8, 4) is 0 Å². The summed E-state index contributed by atoms with van der Waals surface area (Å²) in [6.45, 7) is 3.43. The van der Waals surface area contributed by atoms with E-state index in [9.17, 15) is 4.79 Å². The first kappa shape index (κ1) is 7.58. The molecule has 2 nitrogen and oxygen atoms in total. The molecule has 1 rings (SSSR count). The largest absolute Gasteiger partial charge is 0.468 e.